The molecule has 0 aliphatic heterocycles. The smallest absolute Gasteiger partial charge is 0.0673 e. The Kier molecular flexibility index (Phi) is 4.38. The van der Waals surface area contributed by atoms with E-state index in [1.54, 1.807) is 0 Å². The first-order valence-electron chi connectivity index (χ1n) is 6.98. The molecule has 3 nitrogen and oxygen atoms in total. The van der Waals surface area contributed by atoms with Crippen LogP contribution in [0, 0.1) is 0 Å². The fourth-order valence-electron chi connectivity index (χ4n) is 2.52. The molecule has 1 unspecified atom stereocenters. The van der Waals surface area contributed by atoms with Gasteiger partial charge in [-0.2, -0.15) is 5.10 Å². The van der Waals surface area contributed by atoms with Gasteiger partial charge in [0.25, 0.3) is 0 Å². The maximum absolute atomic E-state index is 4.53. The molecule has 102 valence electrons. The zero-order valence-corrected chi connectivity index (χ0v) is 12.3. The number of aromatic nitrogens is 2. The highest BCUT2D eigenvalue weighted by atomic mass is 15.3. The summed E-state index contributed by atoms with van der Waals surface area (Å²) in [6.07, 6.45) is 4.16. The maximum Gasteiger partial charge on any atom is 0.0673 e. The summed E-state index contributed by atoms with van der Waals surface area (Å²) < 4.78 is 1.90. The van der Waals surface area contributed by atoms with Gasteiger partial charge in [-0.15, -0.1) is 0 Å². The number of nitrogens with one attached hydrogen (secondary N) is 1. The topological polar surface area (TPSA) is 29.9 Å². The largest absolute Gasteiger partial charge is 0.309 e. The molecular formula is C16H23N3. The Bertz CT molecular complexity index is 525. The third-order valence-corrected chi connectivity index (χ3v) is 3.59. The average molecular weight is 257 g/mol. The number of hydrogen-bond acceptors (Lipinski definition) is 2. The lowest BCUT2D eigenvalue weighted by atomic mass is 9.97. The van der Waals surface area contributed by atoms with Gasteiger partial charge in [-0.1, -0.05) is 38.1 Å². The molecule has 1 aromatic heterocycles. The molecule has 0 saturated heterocycles. The van der Waals surface area contributed by atoms with E-state index in [0.717, 1.165) is 12.8 Å². The summed E-state index contributed by atoms with van der Waals surface area (Å²) in [6, 6.07) is 9.07. The predicted molar refractivity (Wildman–Crippen MR) is 79.3 cm³/mol. The molecule has 0 amide bonds. The van der Waals surface area contributed by atoms with E-state index in [1.807, 2.05) is 18.8 Å². The van der Waals surface area contributed by atoms with Crippen LogP contribution in [0.4, 0.5) is 0 Å². The quantitative estimate of drug-likeness (QED) is 0.892. The molecule has 2 rings (SSSR count). The Morgan fingerprint density at radius 3 is 2.37 bits per heavy atom. The Morgan fingerprint density at radius 2 is 1.84 bits per heavy atom. The van der Waals surface area contributed by atoms with Crippen molar-refractivity contribution in [1.29, 1.82) is 0 Å². The number of hydrogen-bond donors (Lipinski definition) is 1. The number of benzene rings is 1. The molecule has 0 aliphatic rings. The van der Waals surface area contributed by atoms with Crippen molar-refractivity contribution in [3.8, 4) is 0 Å². The van der Waals surface area contributed by atoms with E-state index in [2.05, 4.69) is 54.7 Å². The molecule has 0 fully saturated rings. The fourth-order valence-corrected chi connectivity index (χ4v) is 2.52. The SMILES string of the molecule is CCc1ccc(C(NC)c2cn(C)nc2CC)cc1. The Labute approximate surface area is 115 Å². The van der Waals surface area contributed by atoms with Gasteiger partial charge >= 0.3 is 0 Å². The molecular weight excluding hydrogens is 234 g/mol. The van der Waals surface area contributed by atoms with Crippen molar-refractivity contribution in [3.63, 3.8) is 0 Å². The number of rotatable bonds is 5. The Hall–Kier alpha value is -1.61. The summed E-state index contributed by atoms with van der Waals surface area (Å²) in [5.74, 6) is 0. The zero-order valence-electron chi connectivity index (χ0n) is 12.3. The van der Waals surface area contributed by atoms with Gasteiger partial charge in [-0.3, -0.25) is 4.68 Å². The van der Waals surface area contributed by atoms with Crippen molar-refractivity contribution in [2.45, 2.75) is 32.7 Å². The van der Waals surface area contributed by atoms with Crippen molar-refractivity contribution in [3.05, 3.63) is 52.8 Å². The normalized spacial score (nSPS) is 12.6. The summed E-state index contributed by atoms with van der Waals surface area (Å²) in [7, 11) is 3.99. The highest BCUT2D eigenvalue weighted by Gasteiger charge is 2.17. The van der Waals surface area contributed by atoms with Gasteiger partial charge in [0.1, 0.15) is 0 Å². The molecule has 1 N–H and O–H groups in total. The van der Waals surface area contributed by atoms with Crippen LogP contribution in [0.3, 0.4) is 0 Å². The standard InChI is InChI=1S/C16H23N3/c1-5-12-7-9-13(10-8-12)16(17-3)14-11-19(4)18-15(14)6-2/h7-11,16-17H,5-6H2,1-4H3. The van der Waals surface area contributed by atoms with E-state index < -0.39 is 0 Å². The second-order valence-electron chi connectivity index (χ2n) is 4.88. The van der Waals surface area contributed by atoms with Gasteiger partial charge in [0.2, 0.25) is 0 Å². The van der Waals surface area contributed by atoms with Crippen LogP contribution in [0.1, 0.15) is 42.3 Å². The third-order valence-electron chi connectivity index (χ3n) is 3.59. The lowest BCUT2D eigenvalue weighted by molar-refractivity contribution is 0.683. The van der Waals surface area contributed by atoms with Crippen molar-refractivity contribution in [1.82, 2.24) is 15.1 Å². The van der Waals surface area contributed by atoms with Crippen LogP contribution in [-0.2, 0) is 19.9 Å². The molecule has 1 heterocycles. The molecule has 0 radical (unpaired) electrons. The van der Waals surface area contributed by atoms with Crippen LogP contribution in [0.5, 0.6) is 0 Å². The van der Waals surface area contributed by atoms with E-state index in [1.165, 1.54) is 22.4 Å². The lowest BCUT2D eigenvalue weighted by Crippen LogP contribution is -2.18. The highest BCUT2D eigenvalue weighted by molar-refractivity contribution is 5.34. The molecule has 0 spiro atoms. The molecule has 1 atom stereocenters. The third kappa shape index (κ3) is 2.87. The molecule has 2 aromatic rings. The van der Waals surface area contributed by atoms with Crippen molar-refractivity contribution < 1.29 is 0 Å². The van der Waals surface area contributed by atoms with Crippen LogP contribution in [0.15, 0.2) is 30.5 Å². The average Bonchev–Trinajstić information content (AvgIpc) is 2.81. The summed E-state index contributed by atoms with van der Waals surface area (Å²) in [4.78, 5) is 0. The van der Waals surface area contributed by atoms with Gasteiger partial charge in [0.15, 0.2) is 0 Å². The van der Waals surface area contributed by atoms with E-state index in [-0.39, 0.29) is 6.04 Å². The summed E-state index contributed by atoms with van der Waals surface area (Å²) in [6.45, 7) is 4.33. The molecule has 19 heavy (non-hydrogen) atoms. The van der Waals surface area contributed by atoms with Gasteiger partial charge in [-0.05, 0) is 31.0 Å². The first-order chi connectivity index (χ1) is 9.19. The van der Waals surface area contributed by atoms with E-state index in [9.17, 15) is 0 Å². The van der Waals surface area contributed by atoms with Crippen molar-refractivity contribution in [2.24, 2.45) is 7.05 Å². The first-order valence-corrected chi connectivity index (χ1v) is 6.98. The first kappa shape index (κ1) is 13.8. The summed E-state index contributed by atoms with van der Waals surface area (Å²) >= 11 is 0. The maximum atomic E-state index is 4.53. The molecule has 0 bridgehead atoms. The van der Waals surface area contributed by atoms with Crippen LogP contribution < -0.4 is 5.32 Å². The van der Waals surface area contributed by atoms with Gasteiger partial charge in [-0.25, -0.2) is 0 Å². The van der Waals surface area contributed by atoms with E-state index in [4.69, 9.17) is 0 Å². The number of aryl methyl sites for hydroxylation is 3. The minimum atomic E-state index is 0.217. The molecule has 0 aliphatic carbocycles. The van der Waals surface area contributed by atoms with E-state index in [0.29, 0.717) is 0 Å². The van der Waals surface area contributed by atoms with Crippen molar-refractivity contribution >= 4 is 0 Å². The summed E-state index contributed by atoms with van der Waals surface area (Å²) in [5.41, 5.74) is 5.11. The van der Waals surface area contributed by atoms with Crippen LogP contribution in [0.2, 0.25) is 0 Å². The van der Waals surface area contributed by atoms with Crippen molar-refractivity contribution in [2.75, 3.05) is 7.05 Å². The minimum Gasteiger partial charge on any atom is -0.309 e. The van der Waals surface area contributed by atoms with Gasteiger partial charge in [0.05, 0.1) is 11.7 Å². The Morgan fingerprint density at radius 1 is 1.16 bits per heavy atom. The zero-order chi connectivity index (χ0) is 13.8. The van der Waals surface area contributed by atoms with Gasteiger partial charge in [0, 0.05) is 18.8 Å². The van der Waals surface area contributed by atoms with Crippen LogP contribution in [0.25, 0.3) is 0 Å². The predicted octanol–water partition coefficient (Wildman–Crippen LogP) is 2.85. The number of nitrogens with zero attached hydrogens (tertiary/aromatic N) is 2. The monoisotopic (exact) mass is 257 g/mol. The minimum absolute atomic E-state index is 0.217. The molecule has 3 heteroatoms. The lowest BCUT2D eigenvalue weighted by Gasteiger charge is -2.17. The molecule has 1 aromatic carbocycles. The van der Waals surface area contributed by atoms with Crippen LogP contribution in [-0.4, -0.2) is 16.8 Å². The van der Waals surface area contributed by atoms with E-state index >= 15 is 0 Å². The second kappa shape index (κ2) is 6.02. The second-order valence-corrected chi connectivity index (χ2v) is 4.88. The summed E-state index contributed by atoms with van der Waals surface area (Å²) in [5, 5.41) is 7.94. The Balaban J connectivity index is 2.37. The fraction of sp³-hybridized carbons (Fsp3) is 0.438. The highest BCUT2D eigenvalue weighted by Crippen LogP contribution is 2.25. The molecule has 0 saturated carbocycles. The van der Waals surface area contributed by atoms with Gasteiger partial charge < -0.3 is 5.32 Å². The van der Waals surface area contributed by atoms with Crippen LogP contribution >= 0.6 is 0 Å².